The van der Waals surface area contributed by atoms with E-state index in [0.717, 1.165) is 12.3 Å². The normalized spacial score (nSPS) is 21.9. The summed E-state index contributed by atoms with van der Waals surface area (Å²) >= 11 is 5.62. The smallest absolute Gasteiger partial charge is 0.407 e. The van der Waals surface area contributed by atoms with Gasteiger partial charge in [-0.2, -0.15) is 0 Å². The molecule has 0 radical (unpaired) electrons. The van der Waals surface area contributed by atoms with E-state index in [1.165, 1.54) is 4.90 Å². The molecule has 1 fully saturated rings. The Morgan fingerprint density at radius 1 is 1.60 bits per heavy atom. The second-order valence-corrected chi connectivity index (χ2v) is 5.06. The largest absolute Gasteiger partial charge is 0.465 e. The zero-order valence-electron chi connectivity index (χ0n) is 10.6. The number of pyridine rings is 1. The molecular weight excluding hydrogens is 289 g/mol. The van der Waals surface area contributed by atoms with Crippen LogP contribution in [0.25, 0.3) is 0 Å². The molecule has 2 heterocycles. The number of hydrogen-bond acceptors (Lipinski definition) is 3. The molecular formula is C12H13ClFN3O3. The van der Waals surface area contributed by atoms with Crippen molar-refractivity contribution >= 4 is 23.6 Å². The minimum Gasteiger partial charge on any atom is -0.465 e. The third-order valence-electron chi connectivity index (χ3n) is 3.22. The van der Waals surface area contributed by atoms with Crippen molar-refractivity contribution in [3.8, 4) is 0 Å². The van der Waals surface area contributed by atoms with Crippen molar-refractivity contribution in [1.29, 1.82) is 0 Å². The Labute approximate surface area is 119 Å². The van der Waals surface area contributed by atoms with E-state index in [1.54, 1.807) is 6.92 Å². The van der Waals surface area contributed by atoms with Crippen LogP contribution < -0.4 is 5.32 Å². The molecule has 108 valence electrons. The van der Waals surface area contributed by atoms with Crippen molar-refractivity contribution in [3.63, 3.8) is 0 Å². The highest BCUT2D eigenvalue weighted by molar-refractivity contribution is 6.29. The molecule has 1 aromatic rings. The van der Waals surface area contributed by atoms with Crippen LogP contribution in [0.15, 0.2) is 12.3 Å². The maximum absolute atomic E-state index is 13.5. The van der Waals surface area contributed by atoms with E-state index >= 15 is 0 Å². The molecule has 0 unspecified atom stereocenters. The molecule has 6 nitrogen and oxygen atoms in total. The van der Waals surface area contributed by atoms with E-state index in [1.807, 2.05) is 0 Å². The molecule has 2 N–H and O–H groups in total. The van der Waals surface area contributed by atoms with Crippen molar-refractivity contribution in [1.82, 2.24) is 15.2 Å². The van der Waals surface area contributed by atoms with E-state index in [0.29, 0.717) is 6.42 Å². The van der Waals surface area contributed by atoms with Gasteiger partial charge in [0.2, 0.25) is 0 Å². The lowest BCUT2D eigenvalue weighted by Gasteiger charge is -2.16. The Kier molecular flexibility index (Phi) is 4.08. The van der Waals surface area contributed by atoms with Crippen LogP contribution in [0.5, 0.6) is 0 Å². The number of nitrogens with one attached hydrogen (secondary N) is 1. The summed E-state index contributed by atoms with van der Waals surface area (Å²) in [5, 5.41) is 11.6. The molecule has 0 aromatic carbocycles. The first kappa shape index (κ1) is 14.5. The fourth-order valence-electron chi connectivity index (χ4n) is 2.25. The first-order valence-corrected chi connectivity index (χ1v) is 6.37. The standard InChI is InChI=1S/C12H13ClFN3O3/c1-6-2-7(5-17(6)12(19)20)16-11(18)8-3-10(13)15-4-9(8)14/h3-4,6-7H,2,5H2,1H3,(H,16,18)(H,19,20)/t6-,7-/m1/s1. The third kappa shape index (κ3) is 2.98. The maximum Gasteiger partial charge on any atom is 0.407 e. The molecule has 0 saturated carbocycles. The molecule has 0 spiro atoms. The molecule has 2 atom stereocenters. The van der Waals surface area contributed by atoms with Crippen LogP contribution in [0.2, 0.25) is 5.15 Å². The van der Waals surface area contributed by atoms with E-state index in [4.69, 9.17) is 16.7 Å². The van der Waals surface area contributed by atoms with Crippen LogP contribution in [-0.2, 0) is 0 Å². The highest BCUT2D eigenvalue weighted by atomic mass is 35.5. The minimum absolute atomic E-state index is 0.0171. The Hall–Kier alpha value is -1.89. The highest BCUT2D eigenvalue weighted by Gasteiger charge is 2.33. The fraction of sp³-hybridized carbons (Fsp3) is 0.417. The first-order chi connectivity index (χ1) is 9.38. The molecule has 2 amide bonds. The van der Waals surface area contributed by atoms with Crippen molar-refractivity contribution < 1.29 is 19.1 Å². The van der Waals surface area contributed by atoms with E-state index in [9.17, 15) is 14.0 Å². The van der Waals surface area contributed by atoms with Crippen LogP contribution >= 0.6 is 11.6 Å². The molecule has 2 rings (SSSR count). The van der Waals surface area contributed by atoms with Crippen molar-refractivity contribution in [2.75, 3.05) is 6.54 Å². The third-order valence-corrected chi connectivity index (χ3v) is 3.43. The van der Waals surface area contributed by atoms with Gasteiger partial charge in [-0.3, -0.25) is 4.79 Å². The van der Waals surface area contributed by atoms with Crippen LogP contribution in [-0.4, -0.2) is 45.6 Å². The first-order valence-electron chi connectivity index (χ1n) is 6.00. The Morgan fingerprint density at radius 3 is 2.90 bits per heavy atom. The van der Waals surface area contributed by atoms with Crippen LogP contribution in [0.3, 0.4) is 0 Å². The minimum atomic E-state index is -1.03. The van der Waals surface area contributed by atoms with Gasteiger partial charge in [0.25, 0.3) is 5.91 Å². The van der Waals surface area contributed by atoms with Gasteiger partial charge in [0, 0.05) is 18.6 Å². The summed E-state index contributed by atoms with van der Waals surface area (Å²) in [5.41, 5.74) is -0.202. The van der Waals surface area contributed by atoms with Gasteiger partial charge in [-0.25, -0.2) is 14.2 Å². The van der Waals surface area contributed by atoms with Gasteiger partial charge in [0.1, 0.15) is 5.15 Å². The summed E-state index contributed by atoms with van der Waals surface area (Å²) in [5.74, 6) is -1.40. The maximum atomic E-state index is 13.5. The highest BCUT2D eigenvalue weighted by Crippen LogP contribution is 2.18. The second kappa shape index (κ2) is 5.62. The molecule has 0 aliphatic carbocycles. The monoisotopic (exact) mass is 301 g/mol. The number of rotatable bonds is 2. The van der Waals surface area contributed by atoms with Crippen molar-refractivity contribution in [3.05, 3.63) is 28.8 Å². The van der Waals surface area contributed by atoms with Crippen molar-refractivity contribution in [2.24, 2.45) is 0 Å². The second-order valence-electron chi connectivity index (χ2n) is 4.68. The van der Waals surface area contributed by atoms with Crippen molar-refractivity contribution in [2.45, 2.75) is 25.4 Å². The quantitative estimate of drug-likeness (QED) is 0.815. The molecule has 1 aromatic heterocycles. The predicted molar refractivity (Wildman–Crippen MR) is 69.3 cm³/mol. The summed E-state index contributed by atoms with van der Waals surface area (Å²) < 4.78 is 13.5. The molecule has 1 saturated heterocycles. The number of carbonyl (C=O) groups excluding carboxylic acids is 1. The zero-order valence-corrected chi connectivity index (χ0v) is 11.4. The Balaban J connectivity index is 2.06. The lowest BCUT2D eigenvalue weighted by Crippen LogP contribution is -2.38. The number of carbonyl (C=O) groups is 2. The summed E-state index contributed by atoms with van der Waals surface area (Å²) in [4.78, 5) is 27.7. The number of hydrogen-bond donors (Lipinski definition) is 2. The molecule has 8 heteroatoms. The lowest BCUT2D eigenvalue weighted by molar-refractivity contribution is 0.0931. The summed E-state index contributed by atoms with van der Waals surface area (Å²) in [6.07, 6.45) is 0.323. The summed E-state index contributed by atoms with van der Waals surface area (Å²) in [7, 11) is 0. The molecule has 1 aliphatic rings. The molecule has 0 bridgehead atoms. The molecule has 20 heavy (non-hydrogen) atoms. The Bertz CT molecular complexity index is 555. The SMILES string of the molecule is C[C@@H]1C[C@@H](NC(=O)c2cc(Cl)ncc2F)CN1C(=O)O. The number of halogens is 2. The fourth-order valence-corrected chi connectivity index (χ4v) is 2.41. The number of carboxylic acid groups (broad SMARTS) is 1. The van der Waals surface area contributed by atoms with Gasteiger partial charge in [-0.15, -0.1) is 0 Å². The summed E-state index contributed by atoms with van der Waals surface area (Å²) in [6, 6.07) is 0.600. The Morgan fingerprint density at radius 2 is 2.30 bits per heavy atom. The summed E-state index contributed by atoms with van der Waals surface area (Å²) in [6.45, 7) is 1.94. The van der Waals surface area contributed by atoms with Gasteiger partial charge in [-0.1, -0.05) is 11.6 Å². The van der Waals surface area contributed by atoms with Gasteiger partial charge in [0.05, 0.1) is 11.8 Å². The number of likely N-dealkylation sites (tertiary alicyclic amines) is 1. The number of aromatic nitrogens is 1. The van der Waals surface area contributed by atoms with Gasteiger partial charge >= 0.3 is 6.09 Å². The number of nitrogens with zero attached hydrogens (tertiary/aromatic N) is 2. The van der Waals surface area contributed by atoms with Gasteiger partial charge in [0.15, 0.2) is 5.82 Å². The average Bonchev–Trinajstić information content (AvgIpc) is 2.73. The van der Waals surface area contributed by atoms with Gasteiger partial charge < -0.3 is 15.3 Å². The zero-order chi connectivity index (χ0) is 14.9. The lowest BCUT2D eigenvalue weighted by atomic mass is 10.1. The van der Waals surface area contributed by atoms with E-state index < -0.39 is 17.8 Å². The van der Waals surface area contributed by atoms with Crippen LogP contribution in [0.1, 0.15) is 23.7 Å². The van der Waals surface area contributed by atoms with Crippen LogP contribution in [0.4, 0.5) is 9.18 Å². The number of amides is 2. The van der Waals surface area contributed by atoms with Gasteiger partial charge in [-0.05, 0) is 19.4 Å². The topological polar surface area (TPSA) is 82.5 Å². The van der Waals surface area contributed by atoms with Crippen LogP contribution in [0, 0.1) is 5.82 Å². The average molecular weight is 302 g/mol. The molecule has 1 aliphatic heterocycles. The van der Waals surface area contributed by atoms with E-state index in [2.05, 4.69) is 10.3 Å². The predicted octanol–water partition coefficient (Wildman–Crippen LogP) is 1.74. The van der Waals surface area contributed by atoms with E-state index in [-0.39, 0.29) is 29.3 Å².